The highest BCUT2D eigenvalue weighted by molar-refractivity contribution is 5.81. The van der Waals surface area contributed by atoms with Crippen molar-refractivity contribution in [2.45, 2.75) is 6.73 Å². The van der Waals surface area contributed by atoms with Gasteiger partial charge >= 0.3 is 0 Å². The van der Waals surface area contributed by atoms with Crippen LogP contribution >= 0.6 is 0 Å². The zero-order valence-corrected chi connectivity index (χ0v) is 9.12. The lowest BCUT2D eigenvalue weighted by Crippen LogP contribution is -2.20. The zero-order valence-electron chi connectivity index (χ0n) is 9.12. The van der Waals surface area contributed by atoms with Crippen LogP contribution in [0.5, 0.6) is 0 Å². The molecular formula is C11H10N2O4. The zero-order chi connectivity index (χ0) is 12.4. The SMILES string of the molecule is COCn1c(=O)ccc2cc([N+](=O)[O-])ccc21. The normalized spacial score (nSPS) is 10.6. The molecule has 0 aliphatic carbocycles. The molecule has 1 aromatic heterocycles. The maximum Gasteiger partial charge on any atom is 0.270 e. The second kappa shape index (κ2) is 4.34. The Kier molecular flexibility index (Phi) is 2.88. The van der Waals surface area contributed by atoms with Gasteiger partial charge in [-0.15, -0.1) is 0 Å². The minimum atomic E-state index is -0.467. The Morgan fingerprint density at radius 2 is 2.12 bits per heavy atom. The monoisotopic (exact) mass is 234 g/mol. The summed E-state index contributed by atoms with van der Waals surface area (Å²) in [5.74, 6) is 0. The van der Waals surface area contributed by atoms with Crippen LogP contribution in [0, 0.1) is 10.1 Å². The summed E-state index contributed by atoms with van der Waals surface area (Å²) in [6, 6.07) is 7.28. The molecule has 2 aromatic rings. The highest BCUT2D eigenvalue weighted by Gasteiger charge is 2.08. The molecule has 0 spiro atoms. The van der Waals surface area contributed by atoms with Gasteiger partial charge in [0.2, 0.25) is 0 Å². The molecule has 0 fully saturated rings. The molecule has 0 unspecified atom stereocenters. The first-order chi connectivity index (χ1) is 8.13. The second-order valence-electron chi connectivity index (χ2n) is 3.52. The van der Waals surface area contributed by atoms with Crippen LogP contribution < -0.4 is 5.56 Å². The maximum atomic E-state index is 11.6. The molecule has 17 heavy (non-hydrogen) atoms. The molecule has 6 heteroatoms. The van der Waals surface area contributed by atoms with Crippen molar-refractivity contribution in [1.82, 2.24) is 4.57 Å². The van der Waals surface area contributed by atoms with Crippen LogP contribution in [0.15, 0.2) is 35.1 Å². The van der Waals surface area contributed by atoms with Crippen molar-refractivity contribution in [1.29, 1.82) is 0 Å². The Balaban J connectivity index is 2.70. The first-order valence-corrected chi connectivity index (χ1v) is 4.90. The molecule has 0 bridgehead atoms. The molecular weight excluding hydrogens is 224 g/mol. The molecule has 1 heterocycles. The summed E-state index contributed by atoms with van der Waals surface area (Å²) in [6.07, 6.45) is 0. The van der Waals surface area contributed by atoms with E-state index >= 15 is 0 Å². The van der Waals surface area contributed by atoms with E-state index in [0.717, 1.165) is 0 Å². The molecule has 2 rings (SSSR count). The van der Waals surface area contributed by atoms with Gasteiger partial charge in [0.05, 0.1) is 10.4 Å². The molecule has 0 aliphatic rings. The third-order valence-corrected chi connectivity index (χ3v) is 2.44. The standard InChI is InChI=1S/C11H10N2O4/c1-17-7-12-10-4-3-9(13(15)16)6-8(10)2-5-11(12)14/h2-6H,7H2,1H3. The lowest BCUT2D eigenvalue weighted by Gasteiger charge is -2.08. The van der Waals surface area contributed by atoms with E-state index in [-0.39, 0.29) is 18.0 Å². The lowest BCUT2D eigenvalue weighted by atomic mass is 10.2. The summed E-state index contributed by atoms with van der Waals surface area (Å²) < 4.78 is 6.34. The minimum Gasteiger partial charge on any atom is -0.364 e. The fourth-order valence-electron chi connectivity index (χ4n) is 1.67. The van der Waals surface area contributed by atoms with Crippen LogP contribution in [0.1, 0.15) is 0 Å². The van der Waals surface area contributed by atoms with Gasteiger partial charge in [0.25, 0.3) is 11.2 Å². The number of benzene rings is 1. The van der Waals surface area contributed by atoms with Gasteiger partial charge in [-0.3, -0.25) is 19.5 Å². The van der Waals surface area contributed by atoms with E-state index in [1.807, 2.05) is 0 Å². The number of rotatable bonds is 3. The minimum absolute atomic E-state index is 0.000107. The van der Waals surface area contributed by atoms with Crippen molar-refractivity contribution in [3.8, 4) is 0 Å². The van der Waals surface area contributed by atoms with Gasteiger partial charge in [0.1, 0.15) is 6.73 Å². The van der Waals surface area contributed by atoms with Gasteiger partial charge in [0.15, 0.2) is 0 Å². The number of methoxy groups -OCH3 is 1. The van der Waals surface area contributed by atoms with Crippen LogP contribution in [-0.4, -0.2) is 16.6 Å². The summed E-state index contributed by atoms with van der Waals surface area (Å²) >= 11 is 0. The van der Waals surface area contributed by atoms with E-state index in [1.165, 1.54) is 29.9 Å². The van der Waals surface area contributed by atoms with E-state index in [2.05, 4.69) is 0 Å². The molecule has 0 N–H and O–H groups in total. The number of non-ortho nitro benzene ring substituents is 1. The fourth-order valence-corrected chi connectivity index (χ4v) is 1.67. The smallest absolute Gasteiger partial charge is 0.270 e. The van der Waals surface area contributed by atoms with Crippen molar-refractivity contribution in [2.75, 3.05) is 7.11 Å². The number of fused-ring (bicyclic) bond motifs is 1. The highest BCUT2D eigenvalue weighted by atomic mass is 16.6. The summed E-state index contributed by atoms with van der Waals surface area (Å²) in [5.41, 5.74) is 0.415. The number of nitro benzene ring substituents is 1. The third-order valence-electron chi connectivity index (χ3n) is 2.44. The average molecular weight is 234 g/mol. The predicted molar refractivity (Wildman–Crippen MR) is 61.9 cm³/mol. The van der Waals surface area contributed by atoms with E-state index in [9.17, 15) is 14.9 Å². The van der Waals surface area contributed by atoms with Gasteiger partial charge in [-0.25, -0.2) is 0 Å². The van der Waals surface area contributed by atoms with Crippen molar-refractivity contribution in [3.63, 3.8) is 0 Å². The van der Waals surface area contributed by atoms with Gasteiger partial charge in [0, 0.05) is 30.7 Å². The van der Waals surface area contributed by atoms with Gasteiger partial charge < -0.3 is 4.74 Å². The number of hydrogen-bond acceptors (Lipinski definition) is 4. The Labute approximate surface area is 96.2 Å². The number of hydrogen-bond donors (Lipinski definition) is 0. The van der Waals surface area contributed by atoms with Crippen LogP contribution in [0.2, 0.25) is 0 Å². The quantitative estimate of drug-likeness (QED) is 0.596. The van der Waals surface area contributed by atoms with Gasteiger partial charge in [-0.05, 0) is 12.1 Å². The molecule has 0 aliphatic heterocycles. The summed E-state index contributed by atoms with van der Waals surface area (Å²) in [4.78, 5) is 21.8. The molecule has 0 amide bonds. The predicted octanol–water partition coefficient (Wildman–Crippen LogP) is 1.51. The number of aromatic nitrogens is 1. The molecule has 0 saturated carbocycles. The Bertz CT molecular complexity index is 633. The van der Waals surface area contributed by atoms with E-state index in [4.69, 9.17) is 4.74 Å². The number of nitrogens with zero attached hydrogens (tertiary/aromatic N) is 2. The van der Waals surface area contributed by atoms with Gasteiger partial charge in [-0.1, -0.05) is 0 Å². The largest absolute Gasteiger partial charge is 0.364 e. The molecule has 0 atom stereocenters. The fraction of sp³-hybridized carbons (Fsp3) is 0.182. The molecule has 6 nitrogen and oxygen atoms in total. The third kappa shape index (κ3) is 2.02. The number of ether oxygens (including phenoxy) is 1. The van der Waals surface area contributed by atoms with Crippen LogP contribution in [0.3, 0.4) is 0 Å². The van der Waals surface area contributed by atoms with Crippen LogP contribution in [-0.2, 0) is 11.5 Å². The van der Waals surface area contributed by atoms with Crippen molar-refractivity contribution in [3.05, 3.63) is 50.8 Å². The van der Waals surface area contributed by atoms with Crippen molar-refractivity contribution in [2.24, 2.45) is 0 Å². The second-order valence-corrected chi connectivity index (χ2v) is 3.52. The summed E-state index contributed by atoms with van der Waals surface area (Å²) in [6.45, 7) is 0.119. The lowest BCUT2D eigenvalue weighted by molar-refractivity contribution is -0.384. The first kappa shape index (κ1) is 11.3. The topological polar surface area (TPSA) is 74.4 Å². The van der Waals surface area contributed by atoms with Crippen LogP contribution in [0.25, 0.3) is 10.9 Å². The van der Waals surface area contributed by atoms with Crippen molar-refractivity contribution < 1.29 is 9.66 Å². The first-order valence-electron chi connectivity index (χ1n) is 4.90. The van der Waals surface area contributed by atoms with E-state index in [0.29, 0.717) is 10.9 Å². The summed E-state index contributed by atoms with van der Waals surface area (Å²) in [7, 11) is 1.48. The van der Waals surface area contributed by atoms with Crippen LogP contribution in [0.4, 0.5) is 5.69 Å². The Hall–Kier alpha value is -2.21. The Morgan fingerprint density at radius 1 is 1.35 bits per heavy atom. The van der Waals surface area contributed by atoms with E-state index in [1.54, 1.807) is 12.1 Å². The molecule has 0 saturated heterocycles. The van der Waals surface area contributed by atoms with E-state index < -0.39 is 4.92 Å². The number of nitro groups is 1. The molecule has 0 radical (unpaired) electrons. The average Bonchev–Trinajstić information content (AvgIpc) is 2.32. The molecule has 88 valence electrons. The van der Waals surface area contributed by atoms with Gasteiger partial charge in [-0.2, -0.15) is 0 Å². The van der Waals surface area contributed by atoms with Crippen molar-refractivity contribution >= 4 is 16.6 Å². The number of pyridine rings is 1. The Morgan fingerprint density at radius 3 is 2.76 bits per heavy atom. The highest BCUT2D eigenvalue weighted by Crippen LogP contribution is 2.19. The maximum absolute atomic E-state index is 11.6. The molecule has 1 aromatic carbocycles. The summed E-state index contributed by atoms with van der Waals surface area (Å²) in [5, 5.41) is 11.3.